The van der Waals surface area contributed by atoms with Crippen molar-refractivity contribution in [3.05, 3.63) is 0 Å². The Morgan fingerprint density at radius 1 is 1.44 bits per heavy atom. The van der Waals surface area contributed by atoms with Crippen LogP contribution in [0.3, 0.4) is 0 Å². The summed E-state index contributed by atoms with van der Waals surface area (Å²) >= 11 is 0. The highest BCUT2D eigenvalue weighted by Crippen LogP contribution is 2.31. The maximum atomic E-state index is 10.3. The second-order valence-corrected chi connectivity index (χ2v) is 3.75. The molecule has 1 rings (SSSR count). The van der Waals surface area contributed by atoms with Crippen molar-refractivity contribution in [3.63, 3.8) is 0 Å². The standard InChI is InChI=1S/C6H11O2P/c7-9(8)5-6-3-1-2-4-6/h6H,1-5H2/p+1. The van der Waals surface area contributed by atoms with Crippen molar-refractivity contribution in [2.45, 2.75) is 25.7 Å². The van der Waals surface area contributed by atoms with Crippen LogP contribution in [-0.4, -0.2) is 11.1 Å². The van der Waals surface area contributed by atoms with Crippen LogP contribution in [0.4, 0.5) is 0 Å². The molecule has 0 radical (unpaired) electrons. The smallest absolute Gasteiger partial charge is 0.161 e. The van der Waals surface area contributed by atoms with Crippen LogP contribution in [0.25, 0.3) is 0 Å². The maximum absolute atomic E-state index is 10.3. The van der Waals surface area contributed by atoms with Gasteiger partial charge in [-0.2, -0.15) is 4.89 Å². The van der Waals surface area contributed by atoms with E-state index in [4.69, 9.17) is 4.89 Å². The van der Waals surface area contributed by atoms with E-state index in [-0.39, 0.29) is 0 Å². The van der Waals surface area contributed by atoms with Crippen LogP contribution in [0.5, 0.6) is 0 Å². The molecule has 0 heterocycles. The van der Waals surface area contributed by atoms with Gasteiger partial charge in [0.25, 0.3) is 0 Å². The fourth-order valence-corrected chi connectivity index (χ4v) is 2.22. The first-order valence-electron chi connectivity index (χ1n) is 3.42. The molecule has 1 aliphatic rings. The fourth-order valence-electron chi connectivity index (χ4n) is 1.41. The van der Waals surface area contributed by atoms with Gasteiger partial charge >= 0.3 is 8.03 Å². The fraction of sp³-hybridized carbons (Fsp3) is 1.00. The molecule has 9 heavy (non-hydrogen) atoms. The molecule has 52 valence electrons. The Hall–Kier alpha value is 0.0600. The lowest BCUT2D eigenvalue weighted by Gasteiger charge is -1.94. The van der Waals surface area contributed by atoms with Crippen molar-refractivity contribution in [3.8, 4) is 0 Å². The van der Waals surface area contributed by atoms with Gasteiger partial charge in [-0.25, -0.2) is 0 Å². The molecule has 0 aromatic heterocycles. The SMILES string of the molecule is O=[P+](O)CC1CCCC1. The molecule has 0 saturated heterocycles. The monoisotopic (exact) mass is 147 g/mol. The number of rotatable bonds is 2. The molecular weight excluding hydrogens is 135 g/mol. The highest BCUT2D eigenvalue weighted by atomic mass is 31.1. The molecule has 2 nitrogen and oxygen atoms in total. The van der Waals surface area contributed by atoms with E-state index in [2.05, 4.69) is 0 Å². The summed E-state index contributed by atoms with van der Waals surface area (Å²) in [4.78, 5) is 8.52. The second kappa shape index (κ2) is 3.28. The summed E-state index contributed by atoms with van der Waals surface area (Å²) in [5.41, 5.74) is 0. The van der Waals surface area contributed by atoms with E-state index in [0.717, 1.165) is 0 Å². The Labute approximate surface area is 56.1 Å². The van der Waals surface area contributed by atoms with Crippen LogP contribution in [0.1, 0.15) is 25.7 Å². The van der Waals surface area contributed by atoms with Crippen LogP contribution in [0.2, 0.25) is 0 Å². The minimum Gasteiger partial charge on any atom is -0.161 e. The maximum Gasteiger partial charge on any atom is 0.505 e. The third-order valence-corrected chi connectivity index (χ3v) is 2.72. The average molecular weight is 147 g/mol. The molecule has 0 amide bonds. The van der Waals surface area contributed by atoms with Gasteiger partial charge in [-0.3, -0.25) is 0 Å². The molecule has 0 aliphatic heterocycles. The second-order valence-electron chi connectivity index (χ2n) is 2.69. The van der Waals surface area contributed by atoms with Crippen molar-refractivity contribution in [2.75, 3.05) is 6.16 Å². The van der Waals surface area contributed by atoms with Crippen LogP contribution in [0.15, 0.2) is 0 Å². The molecule has 1 fully saturated rings. The molecule has 1 unspecified atom stereocenters. The van der Waals surface area contributed by atoms with Crippen LogP contribution < -0.4 is 0 Å². The zero-order valence-corrected chi connectivity index (χ0v) is 6.31. The van der Waals surface area contributed by atoms with E-state index in [0.29, 0.717) is 12.1 Å². The topological polar surface area (TPSA) is 37.3 Å². The summed E-state index contributed by atoms with van der Waals surface area (Å²) in [6.45, 7) is 0. The van der Waals surface area contributed by atoms with Gasteiger partial charge in [-0.15, -0.1) is 0 Å². The van der Waals surface area contributed by atoms with E-state index in [9.17, 15) is 4.57 Å². The summed E-state index contributed by atoms with van der Waals surface area (Å²) < 4.78 is 10.3. The summed E-state index contributed by atoms with van der Waals surface area (Å²) in [5, 5.41) is 0. The zero-order valence-electron chi connectivity index (χ0n) is 5.42. The molecule has 3 heteroatoms. The highest BCUT2D eigenvalue weighted by molar-refractivity contribution is 7.38. The Morgan fingerprint density at radius 2 is 2.00 bits per heavy atom. The average Bonchev–Trinajstić information content (AvgIpc) is 2.15. The van der Waals surface area contributed by atoms with Crippen molar-refractivity contribution in [2.24, 2.45) is 5.92 Å². The highest BCUT2D eigenvalue weighted by Gasteiger charge is 2.23. The summed E-state index contributed by atoms with van der Waals surface area (Å²) in [5.74, 6) is 0.554. The lowest BCUT2D eigenvalue weighted by molar-refractivity contribution is 0.485. The van der Waals surface area contributed by atoms with Crippen molar-refractivity contribution < 1.29 is 9.46 Å². The van der Waals surface area contributed by atoms with Crippen molar-refractivity contribution in [1.29, 1.82) is 0 Å². The lowest BCUT2D eigenvalue weighted by atomic mass is 10.1. The predicted octanol–water partition coefficient (Wildman–Crippen LogP) is 1.91. The minimum absolute atomic E-state index is 0.537. The molecule has 1 atom stereocenters. The summed E-state index contributed by atoms with van der Waals surface area (Å²) in [6, 6.07) is 0. The van der Waals surface area contributed by atoms with Gasteiger partial charge in [0.15, 0.2) is 6.16 Å². The molecular formula is C6H12O2P+. The van der Waals surface area contributed by atoms with Crippen molar-refractivity contribution >= 4 is 8.03 Å². The van der Waals surface area contributed by atoms with Gasteiger partial charge in [0.1, 0.15) is 0 Å². The minimum atomic E-state index is -1.86. The first kappa shape index (κ1) is 7.17. The Kier molecular flexibility index (Phi) is 2.62. The first-order valence-corrected chi connectivity index (χ1v) is 4.82. The molecule has 1 aliphatic carbocycles. The van der Waals surface area contributed by atoms with Gasteiger partial charge in [-0.1, -0.05) is 12.8 Å². The third kappa shape index (κ3) is 2.42. The van der Waals surface area contributed by atoms with Gasteiger partial charge in [0, 0.05) is 5.92 Å². The van der Waals surface area contributed by atoms with Gasteiger partial charge in [-0.05, 0) is 17.4 Å². The zero-order chi connectivity index (χ0) is 6.69. The largest absolute Gasteiger partial charge is 0.505 e. The summed E-state index contributed by atoms with van der Waals surface area (Å²) in [7, 11) is -1.86. The van der Waals surface area contributed by atoms with Gasteiger partial charge in [0.05, 0.1) is 0 Å². The van der Waals surface area contributed by atoms with E-state index >= 15 is 0 Å². The third-order valence-electron chi connectivity index (χ3n) is 1.89. The molecule has 0 bridgehead atoms. The molecule has 0 aromatic rings. The van der Waals surface area contributed by atoms with E-state index < -0.39 is 8.03 Å². The molecule has 1 saturated carbocycles. The van der Waals surface area contributed by atoms with Gasteiger partial charge in [0.2, 0.25) is 0 Å². The van der Waals surface area contributed by atoms with Gasteiger partial charge < -0.3 is 0 Å². The molecule has 0 spiro atoms. The lowest BCUT2D eigenvalue weighted by Crippen LogP contribution is -1.95. The first-order chi connectivity index (χ1) is 4.29. The van der Waals surface area contributed by atoms with Crippen LogP contribution in [-0.2, 0) is 4.57 Å². The van der Waals surface area contributed by atoms with Crippen molar-refractivity contribution in [1.82, 2.24) is 0 Å². The summed E-state index contributed by atoms with van der Waals surface area (Å²) in [6.07, 6.45) is 5.39. The Morgan fingerprint density at radius 3 is 2.44 bits per heavy atom. The molecule has 0 aromatic carbocycles. The van der Waals surface area contributed by atoms with E-state index in [1.165, 1.54) is 25.7 Å². The Bertz CT molecular complexity index is 108. The van der Waals surface area contributed by atoms with Crippen LogP contribution >= 0.6 is 8.03 Å². The normalized spacial score (nSPS) is 22.6. The Balaban J connectivity index is 2.19. The van der Waals surface area contributed by atoms with E-state index in [1.807, 2.05) is 0 Å². The quantitative estimate of drug-likeness (QED) is 0.606. The molecule has 1 N–H and O–H groups in total. The predicted molar refractivity (Wildman–Crippen MR) is 36.7 cm³/mol. The van der Waals surface area contributed by atoms with E-state index in [1.54, 1.807) is 0 Å². The van der Waals surface area contributed by atoms with Crippen LogP contribution in [0, 0.1) is 5.92 Å². The number of hydrogen-bond donors (Lipinski definition) is 1. The number of hydrogen-bond acceptors (Lipinski definition) is 1.